The summed E-state index contributed by atoms with van der Waals surface area (Å²) in [5.74, 6) is 1.18. The first-order valence-electron chi connectivity index (χ1n) is 13.6. The monoisotopic (exact) mass is 573 g/mol. The molecule has 10 heteroatoms. The van der Waals surface area contributed by atoms with Crippen LogP contribution in [-0.4, -0.2) is 79.2 Å². The average Bonchev–Trinajstić information content (AvgIpc) is 3.52. The van der Waals surface area contributed by atoms with Crippen molar-refractivity contribution in [2.45, 2.75) is 18.4 Å². The van der Waals surface area contributed by atoms with Gasteiger partial charge in [0.05, 0.1) is 30.3 Å². The molecule has 0 aliphatic carbocycles. The van der Waals surface area contributed by atoms with Crippen LogP contribution in [0.25, 0.3) is 33.2 Å². The predicted molar refractivity (Wildman–Crippen MR) is 161 cm³/mol. The maximum atomic E-state index is 14.4. The molecule has 5 aromatic rings. The van der Waals surface area contributed by atoms with Crippen LogP contribution in [0.5, 0.6) is 11.5 Å². The first-order valence-corrected chi connectivity index (χ1v) is 15.1. The molecule has 0 amide bonds. The standard InChI is InChI=1S/C31H35N5O4S/c1-21-6-8-23(9-7-21)41(37,38)36-28(26-20-34(3)27-18-30(40-5)29(39-4)17-25(26)27)16-24-22(10-11-32-31(24)36)19-35-14-12-33(2)13-15-35/h6-11,16-18,20H,12-15,19H2,1-5H3. The van der Waals surface area contributed by atoms with Crippen LogP contribution in [-0.2, 0) is 23.6 Å². The van der Waals surface area contributed by atoms with Gasteiger partial charge in [-0.15, -0.1) is 0 Å². The molecule has 1 fully saturated rings. The van der Waals surface area contributed by atoms with E-state index in [0.29, 0.717) is 22.8 Å². The molecule has 0 spiro atoms. The molecule has 4 heterocycles. The van der Waals surface area contributed by atoms with Crippen LogP contribution in [0.3, 0.4) is 0 Å². The third-order valence-corrected chi connectivity index (χ3v) is 9.79. The summed E-state index contributed by atoms with van der Waals surface area (Å²) in [4.78, 5) is 9.61. The topological polar surface area (TPSA) is 81.8 Å². The number of likely N-dealkylation sites (N-methyl/N-ethyl adjacent to an activating group) is 1. The average molecular weight is 574 g/mol. The summed E-state index contributed by atoms with van der Waals surface area (Å²) < 4.78 is 43.3. The molecule has 0 unspecified atom stereocenters. The molecule has 0 atom stereocenters. The Morgan fingerprint density at radius 3 is 2.24 bits per heavy atom. The van der Waals surface area contributed by atoms with Gasteiger partial charge in [-0.25, -0.2) is 17.4 Å². The molecule has 0 bridgehead atoms. The SMILES string of the molecule is COc1cc2c(-c3cc4c(CN5CCN(C)CC5)ccnc4n3S(=O)(=O)c3ccc(C)cc3)cn(C)c2cc1OC. The summed E-state index contributed by atoms with van der Waals surface area (Å²) in [6.45, 7) is 6.59. The zero-order chi connectivity index (χ0) is 28.9. The number of fused-ring (bicyclic) bond motifs is 2. The molecule has 6 rings (SSSR count). The van der Waals surface area contributed by atoms with Crippen LogP contribution >= 0.6 is 0 Å². The van der Waals surface area contributed by atoms with E-state index >= 15 is 0 Å². The normalized spacial score (nSPS) is 15.1. The number of methoxy groups -OCH3 is 2. The fourth-order valence-corrected chi connectivity index (χ4v) is 7.15. The highest BCUT2D eigenvalue weighted by Crippen LogP contribution is 2.41. The zero-order valence-corrected chi connectivity index (χ0v) is 24.9. The second kappa shape index (κ2) is 10.5. The number of aryl methyl sites for hydroxylation is 2. The fraction of sp³-hybridized carbons (Fsp3) is 0.323. The lowest BCUT2D eigenvalue weighted by Gasteiger charge is -2.32. The van der Waals surface area contributed by atoms with Crippen molar-refractivity contribution in [1.82, 2.24) is 23.3 Å². The first kappa shape index (κ1) is 27.3. The number of pyridine rings is 1. The van der Waals surface area contributed by atoms with Gasteiger partial charge in [-0.3, -0.25) is 4.90 Å². The molecular formula is C31H35N5O4S. The molecule has 1 aliphatic rings. The molecular weight excluding hydrogens is 538 g/mol. The smallest absolute Gasteiger partial charge is 0.269 e. The van der Waals surface area contributed by atoms with E-state index in [1.165, 1.54) is 3.97 Å². The van der Waals surface area contributed by atoms with Crippen molar-refractivity contribution < 1.29 is 17.9 Å². The van der Waals surface area contributed by atoms with Crippen LogP contribution in [0.2, 0.25) is 0 Å². The molecule has 1 saturated heterocycles. The number of benzene rings is 2. The van der Waals surface area contributed by atoms with Gasteiger partial charge in [0.15, 0.2) is 17.1 Å². The Bertz CT molecular complexity index is 1850. The van der Waals surface area contributed by atoms with E-state index in [2.05, 4.69) is 21.8 Å². The van der Waals surface area contributed by atoms with E-state index < -0.39 is 10.0 Å². The van der Waals surface area contributed by atoms with Gasteiger partial charge >= 0.3 is 0 Å². The van der Waals surface area contributed by atoms with Gasteiger partial charge in [-0.1, -0.05) is 17.7 Å². The lowest BCUT2D eigenvalue weighted by Crippen LogP contribution is -2.43. The summed E-state index contributed by atoms with van der Waals surface area (Å²) in [7, 11) is 3.29. The van der Waals surface area contributed by atoms with Gasteiger partial charge in [-0.2, -0.15) is 0 Å². The second-order valence-electron chi connectivity index (χ2n) is 10.8. The molecule has 0 N–H and O–H groups in total. The maximum Gasteiger partial charge on any atom is 0.269 e. The molecule has 1 aliphatic heterocycles. The Morgan fingerprint density at radius 2 is 1.56 bits per heavy atom. The van der Waals surface area contributed by atoms with Crippen molar-refractivity contribution in [2.75, 3.05) is 47.4 Å². The van der Waals surface area contributed by atoms with E-state index in [9.17, 15) is 8.42 Å². The van der Waals surface area contributed by atoms with Crippen molar-refractivity contribution in [3.63, 3.8) is 0 Å². The number of piperazine rings is 1. The van der Waals surface area contributed by atoms with E-state index in [-0.39, 0.29) is 4.90 Å². The minimum Gasteiger partial charge on any atom is -0.493 e. The lowest BCUT2D eigenvalue weighted by molar-refractivity contribution is 0.148. The van der Waals surface area contributed by atoms with E-state index in [0.717, 1.165) is 65.7 Å². The van der Waals surface area contributed by atoms with Crippen LogP contribution in [0, 0.1) is 6.92 Å². The van der Waals surface area contributed by atoms with Crippen molar-refractivity contribution in [3.8, 4) is 22.8 Å². The highest BCUT2D eigenvalue weighted by Gasteiger charge is 2.28. The Labute approximate surface area is 240 Å². The molecule has 214 valence electrons. The van der Waals surface area contributed by atoms with Crippen molar-refractivity contribution >= 4 is 32.0 Å². The van der Waals surface area contributed by atoms with Crippen molar-refractivity contribution in [3.05, 3.63) is 72.1 Å². The Morgan fingerprint density at radius 1 is 0.878 bits per heavy atom. The van der Waals surface area contributed by atoms with Crippen molar-refractivity contribution in [2.24, 2.45) is 7.05 Å². The number of nitrogens with zero attached hydrogens (tertiary/aromatic N) is 5. The third kappa shape index (κ3) is 4.75. The molecule has 9 nitrogen and oxygen atoms in total. The van der Waals surface area contributed by atoms with Gasteiger partial charge < -0.3 is 18.9 Å². The van der Waals surface area contributed by atoms with Gasteiger partial charge in [0.25, 0.3) is 10.0 Å². The third-order valence-electron chi connectivity index (χ3n) is 8.07. The highest BCUT2D eigenvalue weighted by atomic mass is 32.2. The maximum absolute atomic E-state index is 14.4. The Hall–Kier alpha value is -3.86. The molecule has 2 aromatic carbocycles. The predicted octanol–water partition coefficient (Wildman–Crippen LogP) is 4.51. The Balaban J connectivity index is 1.61. The molecule has 0 radical (unpaired) electrons. The number of ether oxygens (including phenoxy) is 2. The number of hydrogen-bond donors (Lipinski definition) is 0. The molecule has 0 saturated carbocycles. The minimum absolute atomic E-state index is 0.215. The van der Waals surface area contributed by atoms with Crippen LogP contribution in [0.15, 0.2) is 65.8 Å². The lowest BCUT2D eigenvalue weighted by atomic mass is 10.1. The minimum atomic E-state index is -3.99. The van der Waals surface area contributed by atoms with Gasteiger partial charge in [0.2, 0.25) is 0 Å². The van der Waals surface area contributed by atoms with Crippen LogP contribution in [0.4, 0.5) is 0 Å². The second-order valence-corrected chi connectivity index (χ2v) is 12.6. The quantitative estimate of drug-likeness (QED) is 0.284. The Kier molecular flexibility index (Phi) is 7.01. The van der Waals surface area contributed by atoms with E-state index in [1.807, 2.05) is 61.1 Å². The van der Waals surface area contributed by atoms with Gasteiger partial charge in [0, 0.05) is 74.6 Å². The first-order chi connectivity index (χ1) is 19.7. The zero-order valence-electron chi connectivity index (χ0n) is 24.1. The number of hydrogen-bond acceptors (Lipinski definition) is 7. The highest BCUT2D eigenvalue weighted by molar-refractivity contribution is 7.90. The van der Waals surface area contributed by atoms with Crippen LogP contribution in [0.1, 0.15) is 11.1 Å². The summed E-state index contributed by atoms with van der Waals surface area (Å²) in [5.41, 5.74) is 4.68. The van der Waals surface area contributed by atoms with Gasteiger partial charge in [0.1, 0.15) is 0 Å². The summed E-state index contributed by atoms with van der Waals surface area (Å²) >= 11 is 0. The molecule has 41 heavy (non-hydrogen) atoms. The summed E-state index contributed by atoms with van der Waals surface area (Å²) in [6, 6.07) is 14.8. The molecule has 3 aromatic heterocycles. The van der Waals surface area contributed by atoms with Gasteiger partial charge in [-0.05, 0) is 49.9 Å². The number of aromatic nitrogens is 3. The van der Waals surface area contributed by atoms with E-state index in [1.54, 1.807) is 32.5 Å². The van der Waals surface area contributed by atoms with Crippen molar-refractivity contribution in [1.29, 1.82) is 0 Å². The summed E-state index contributed by atoms with van der Waals surface area (Å²) in [5, 5.41) is 1.68. The summed E-state index contributed by atoms with van der Waals surface area (Å²) in [6.07, 6.45) is 3.68. The number of rotatable bonds is 7. The van der Waals surface area contributed by atoms with Crippen LogP contribution < -0.4 is 9.47 Å². The largest absolute Gasteiger partial charge is 0.493 e. The fourth-order valence-electron chi connectivity index (χ4n) is 5.67. The van der Waals surface area contributed by atoms with E-state index in [4.69, 9.17) is 9.47 Å².